The van der Waals surface area contributed by atoms with Crippen LogP contribution in [0.25, 0.3) is 6.08 Å². The fraction of sp³-hybridized carbons (Fsp3) is 0.387. The molecule has 0 aliphatic carbocycles. The lowest BCUT2D eigenvalue weighted by Gasteiger charge is -2.26. The maximum atomic E-state index is 14.1. The molecular weight excluding hydrogens is 528 g/mol. The van der Waals surface area contributed by atoms with Crippen LogP contribution in [-0.4, -0.2) is 38.0 Å². The number of aryl methyl sites for hydroxylation is 1. The van der Waals surface area contributed by atoms with Crippen molar-refractivity contribution in [3.8, 4) is 17.2 Å². The van der Waals surface area contributed by atoms with E-state index in [-0.39, 0.29) is 23.2 Å². The van der Waals surface area contributed by atoms with Gasteiger partial charge < -0.3 is 18.9 Å². The predicted molar refractivity (Wildman–Crippen MR) is 156 cm³/mol. The SMILES string of the molecule is COc1ccc(OC)c([C@H]2C(C(=O)OC(C)C)=C(C)N=c3s/c(=C\c4cc(C(C)C)c(OC)cc4C)c(=O)n32)c1. The zero-order chi connectivity index (χ0) is 29.3. The number of carbonyl (C=O) groups is 1. The minimum Gasteiger partial charge on any atom is -0.497 e. The molecule has 1 aromatic heterocycles. The normalized spacial score (nSPS) is 15.3. The first-order valence-corrected chi connectivity index (χ1v) is 14.0. The lowest BCUT2D eigenvalue weighted by Crippen LogP contribution is -2.40. The molecule has 0 unspecified atom stereocenters. The number of carbonyl (C=O) groups excluding carboxylic acids is 1. The third-order valence-electron chi connectivity index (χ3n) is 6.84. The molecule has 0 saturated carbocycles. The lowest BCUT2D eigenvalue weighted by molar-refractivity contribution is -0.143. The third-order valence-corrected chi connectivity index (χ3v) is 7.83. The quantitative estimate of drug-likeness (QED) is 0.371. The molecule has 9 heteroatoms. The summed E-state index contributed by atoms with van der Waals surface area (Å²) in [7, 11) is 4.78. The van der Waals surface area contributed by atoms with Gasteiger partial charge in [0.2, 0.25) is 0 Å². The van der Waals surface area contributed by atoms with Crippen molar-refractivity contribution in [2.24, 2.45) is 4.99 Å². The Balaban J connectivity index is 2.02. The van der Waals surface area contributed by atoms with Crippen molar-refractivity contribution in [2.75, 3.05) is 21.3 Å². The second-order valence-electron chi connectivity index (χ2n) is 10.2. The van der Waals surface area contributed by atoms with Gasteiger partial charge in [-0.25, -0.2) is 9.79 Å². The fourth-order valence-electron chi connectivity index (χ4n) is 4.85. The highest BCUT2D eigenvalue weighted by atomic mass is 32.1. The van der Waals surface area contributed by atoms with Gasteiger partial charge >= 0.3 is 5.97 Å². The summed E-state index contributed by atoms with van der Waals surface area (Å²) >= 11 is 1.28. The van der Waals surface area contributed by atoms with E-state index in [1.54, 1.807) is 64.9 Å². The molecule has 0 N–H and O–H groups in total. The van der Waals surface area contributed by atoms with Crippen LogP contribution >= 0.6 is 11.3 Å². The van der Waals surface area contributed by atoms with Crippen LogP contribution in [0.15, 0.2) is 51.4 Å². The van der Waals surface area contributed by atoms with Crippen LogP contribution in [-0.2, 0) is 9.53 Å². The molecule has 3 aromatic rings. The lowest BCUT2D eigenvalue weighted by atomic mass is 9.94. The van der Waals surface area contributed by atoms with Gasteiger partial charge in [0.25, 0.3) is 5.56 Å². The number of nitrogens with zero attached hydrogens (tertiary/aromatic N) is 2. The van der Waals surface area contributed by atoms with Crippen LogP contribution in [0, 0.1) is 6.92 Å². The van der Waals surface area contributed by atoms with Crippen molar-refractivity contribution in [2.45, 2.75) is 59.6 Å². The number of hydrogen-bond acceptors (Lipinski definition) is 8. The number of aromatic nitrogens is 1. The number of benzene rings is 2. The summed E-state index contributed by atoms with van der Waals surface area (Å²) in [4.78, 5) is 32.7. The molecule has 2 heterocycles. The van der Waals surface area contributed by atoms with Crippen LogP contribution < -0.4 is 29.1 Å². The number of hydrogen-bond donors (Lipinski definition) is 0. The highest BCUT2D eigenvalue weighted by molar-refractivity contribution is 7.07. The fourth-order valence-corrected chi connectivity index (χ4v) is 5.89. The summed E-state index contributed by atoms with van der Waals surface area (Å²) in [6, 6.07) is 8.55. The number of allylic oxidation sites excluding steroid dienone is 1. The van der Waals surface area contributed by atoms with Crippen LogP contribution in [0.5, 0.6) is 17.2 Å². The molecule has 8 nitrogen and oxygen atoms in total. The highest BCUT2D eigenvalue weighted by Gasteiger charge is 2.35. The van der Waals surface area contributed by atoms with E-state index >= 15 is 0 Å². The van der Waals surface area contributed by atoms with Crippen molar-refractivity contribution in [1.29, 1.82) is 0 Å². The Morgan fingerprint density at radius 2 is 1.70 bits per heavy atom. The Hall–Kier alpha value is -3.85. The molecule has 0 spiro atoms. The van der Waals surface area contributed by atoms with Gasteiger partial charge in [-0.1, -0.05) is 25.2 Å². The number of rotatable bonds is 8. The van der Waals surface area contributed by atoms with Gasteiger partial charge in [-0.2, -0.15) is 0 Å². The van der Waals surface area contributed by atoms with Crippen LogP contribution in [0.2, 0.25) is 0 Å². The van der Waals surface area contributed by atoms with Gasteiger partial charge in [-0.3, -0.25) is 9.36 Å². The van der Waals surface area contributed by atoms with Crippen molar-refractivity contribution < 1.29 is 23.7 Å². The molecule has 0 amide bonds. The second kappa shape index (κ2) is 11.7. The molecule has 4 rings (SSSR count). The summed E-state index contributed by atoms with van der Waals surface area (Å²) in [5.41, 5.74) is 4.05. The minimum absolute atomic E-state index is 0.238. The molecule has 212 valence electrons. The molecule has 0 fully saturated rings. The largest absolute Gasteiger partial charge is 0.497 e. The first-order valence-electron chi connectivity index (χ1n) is 13.1. The Bertz CT molecular complexity index is 1660. The molecule has 2 aromatic carbocycles. The van der Waals surface area contributed by atoms with Gasteiger partial charge in [0.1, 0.15) is 23.3 Å². The van der Waals surface area contributed by atoms with Gasteiger partial charge in [0.05, 0.1) is 43.2 Å². The minimum atomic E-state index is -0.821. The van der Waals surface area contributed by atoms with E-state index in [2.05, 4.69) is 19.9 Å². The molecule has 0 bridgehead atoms. The average Bonchev–Trinajstić information content (AvgIpc) is 3.21. The van der Waals surface area contributed by atoms with E-state index in [1.165, 1.54) is 11.3 Å². The average molecular weight is 565 g/mol. The summed E-state index contributed by atoms with van der Waals surface area (Å²) < 4.78 is 24.4. The molecule has 1 atom stereocenters. The maximum Gasteiger partial charge on any atom is 0.338 e. The zero-order valence-corrected chi connectivity index (χ0v) is 25.3. The van der Waals surface area contributed by atoms with Gasteiger partial charge in [0.15, 0.2) is 4.80 Å². The third kappa shape index (κ3) is 5.43. The van der Waals surface area contributed by atoms with Gasteiger partial charge in [-0.05, 0) is 86.7 Å². The van der Waals surface area contributed by atoms with Crippen molar-refractivity contribution in [3.63, 3.8) is 0 Å². The van der Waals surface area contributed by atoms with E-state index in [0.717, 1.165) is 22.4 Å². The zero-order valence-electron chi connectivity index (χ0n) is 24.4. The molecule has 40 heavy (non-hydrogen) atoms. The maximum absolute atomic E-state index is 14.1. The Labute approximate surface area is 238 Å². The molecule has 0 radical (unpaired) electrons. The Morgan fingerprint density at radius 3 is 2.30 bits per heavy atom. The molecule has 0 saturated heterocycles. The van der Waals surface area contributed by atoms with Gasteiger partial charge in [0, 0.05) is 5.56 Å². The number of methoxy groups -OCH3 is 3. The van der Waals surface area contributed by atoms with E-state index in [1.807, 2.05) is 19.1 Å². The van der Waals surface area contributed by atoms with Crippen LogP contribution in [0.4, 0.5) is 0 Å². The summed E-state index contributed by atoms with van der Waals surface area (Å²) in [6.07, 6.45) is 1.54. The molecular formula is C31H36N2O6S. The van der Waals surface area contributed by atoms with E-state index in [9.17, 15) is 9.59 Å². The van der Waals surface area contributed by atoms with Crippen molar-refractivity contribution >= 4 is 23.4 Å². The standard InChI is InChI=1S/C31H36N2O6S/c1-16(2)22-13-20(18(5)12-25(22)38-9)14-26-29(34)33-28(23-15-21(36-7)10-11-24(23)37-8)27(30(35)39-17(3)4)19(6)32-31(33)40-26/h10-17,28H,1-9H3/b26-14-/t28-/m0/s1. The first kappa shape index (κ1) is 29.1. The summed E-state index contributed by atoms with van der Waals surface area (Å²) in [5, 5.41) is 0. The first-order chi connectivity index (χ1) is 19.0. The Morgan fingerprint density at radius 1 is 1.00 bits per heavy atom. The summed E-state index contributed by atoms with van der Waals surface area (Å²) in [6.45, 7) is 11.5. The Kier molecular flexibility index (Phi) is 8.54. The number of esters is 1. The number of ether oxygens (including phenoxy) is 4. The molecule has 1 aliphatic rings. The van der Waals surface area contributed by atoms with Crippen LogP contribution in [0.3, 0.4) is 0 Å². The van der Waals surface area contributed by atoms with Crippen molar-refractivity contribution in [1.82, 2.24) is 4.57 Å². The second-order valence-corrected chi connectivity index (χ2v) is 11.3. The monoisotopic (exact) mass is 564 g/mol. The van der Waals surface area contributed by atoms with E-state index in [0.29, 0.717) is 32.1 Å². The summed E-state index contributed by atoms with van der Waals surface area (Å²) in [5.74, 6) is 1.60. The van der Waals surface area contributed by atoms with E-state index < -0.39 is 12.0 Å². The van der Waals surface area contributed by atoms with Crippen LogP contribution in [0.1, 0.15) is 68.8 Å². The predicted octanol–water partition coefficient (Wildman–Crippen LogP) is 4.64. The smallest absolute Gasteiger partial charge is 0.338 e. The van der Waals surface area contributed by atoms with E-state index in [4.69, 9.17) is 23.9 Å². The number of fused-ring (bicyclic) bond motifs is 1. The topological polar surface area (TPSA) is 88.4 Å². The van der Waals surface area contributed by atoms with Gasteiger partial charge in [-0.15, -0.1) is 0 Å². The highest BCUT2D eigenvalue weighted by Crippen LogP contribution is 2.38. The van der Waals surface area contributed by atoms with Crippen molar-refractivity contribution in [3.05, 3.63) is 83.5 Å². The molecule has 1 aliphatic heterocycles. The number of thiazole rings is 1.